The lowest BCUT2D eigenvalue weighted by atomic mass is 9.86. The molecule has 0 aliphatic carbocycles. The molecule has 136 valence electrons. The number of methoxy groups -OCH3 is 1. The van der Waals surface area contributed by atoms with E-state index in [-0.39, 0.29) is 10.5 Å². The van der Waals surface area contributed by atoms with E-state index in [1.54, 1.807) is 23.4 Å². The van der Waals surface area contributed by atoms with E-state index in [1.165, 1.54) is 21.8 Å². The summed E-state index contributed by atoms with van der Waals surface area (Å²) < 4.78 is 14.2. The van der Waals surface area contributed by atoms with E-state index in [4.69, 9.17) is 9.47 Å². The fourth-order valence-electron chi connectivity index (χ4n) is 3.47. The molecule has 1 fully saturated rings. The summed E-state index contributed by atoms with van der Waals surface area (Å²) in [6.07, 6.45) is 1.75. The molecule has 0 saturated carbocycles. The molecule has 3 aromatic rings. The highest BCUT2D eigenvalue weighted by atomic mass is 32.2. The SMILES string of the molecule is COC1(c2cccc(Sc3ccc4c(c3)sc(=O)n4C)c2)CCOCC1. The molecule has 2 heterocycles. The van der Waals surface area contributed by atoms with E-state index >= 15 is 0 Å². The lowest BCUT2D eigenvalue weighted by Crippen LogP contribution is -2.35. The zero-order valence-electron chi connectivity index (χ0n) is 14.9. The van der Waals surface area contributed by atoms with Crippen LogP contribution in [0.25, 0.3) is 10.2 Å². The van der Waals surface area contributed by atoms with Crippen LogP contribution in [0.4, 0.5) is 0 Å². The summed E-state index contributed by atoms with van der Waals surface area (Å²) in [6.45, 7) is 1.46. The second-order valence-corrected chi connectivity index (χ2v) is 8.64. The average molecular weight is 388 g/mol. The monoisotopic (exact) mass is 387 g/mol. The van der Waals surface area contributed by atoms with Gasteiger partial charge in [0.25, 0.3) is 0 Å². The second-order valence-electron chi connectivity index (χ2n) is 6.50. The quantitative estimate of drug-likeness (QED) is 0.665. The van der Waals surface area contributed by atoms with Gasteiger partial charge in [0, 0.05) is 50.0 Å². The third-order valence-corrected chi connectivity index (χ3v) is 7.03. The normalized spacial score (nSPS) is 16.8. The third-order valence-electron chi connectivity index (χ3n) is 5.05. The summed E-state index contributed by atoms with van der Waals surface area (Å²) in [6, 6.07) is 14.8. The van der Waals surface area contributed by atoms with Crippen molar-refractivity contribution in [2.45, 2.75) is 28.2 Å². The highest BCUT2D eigenvalue weighted by Crippen LogP contribution is 2.38. The summed E-state index contributed by atoms with van der Waals surface area (Å²) >= 11 is 3.01. The Balaban J connectivity index is 1.64. The minimum Gasteiger partial charge on any atom is -0.381 e. The van der Waals surface area contributed by atoms with Crippen molar-refractivity contribution in [1.29, 1.82) is 0 Å². The Hall–Kier alpha value is -1.60. The predicted octanol–water partition coefficient (Wildman–Crippen LogP) is 4.40. The molecule has 0 bridgehead atoms. The summed E-state index contributed by atoms with van der Waals surface area (Å²) in [5.41, 5.74) is 1.94. The Morgan fingerprint density at radius 1 is 1.15 bits per heavy atom. The van der Waals surface area contributed by atoms with Crippen LogP contribution in [-0.2, 0) is 22.1 Å². The van der Waals surface area contributed by atoms with Crippen molar-refractivity contribution in [3.63, 3.8) is 0 Å². The first kappa shape index (κ1) is 17.8. The molecule has 0 radical (unpaired) electrons. The number of aromatic nitrogens is 1. The molecular formula is C20H21NO3S2. The van der Waals surface area contributed by atoms with E-state index < -0.39 is 0 Å². The number of hydrogen-bond acceptors (Lipinski definition) is 5. The number of rotatable bonds is 4. The van der Waals surface area contributed by atoms with Gasteiger partial charge in [0.15, 0.2) is 0 Å². The molecule has 4 nitrogen and oxygen atoms in total. The van der Waals surface area contributed by atoms with Crippen LogP contribution in [-0.4, -0.2) is 24.9 Å². The van der Waals surface area contributed by atoms with E-state index in [0.717, 1.165) is 41.2 Å². The molecule has 1 aliphatic heterocycles. The van der Waals surface area contributed by atoms with Crippen molar-refractivity contribution in [3.05, 3.63) is 57.7 Å². The minimum atomic E-state index is -0.252. The number of aryl methyl sites for hydroxylation is 1. The van der Waals surface area contributed by atoms with Crippen molar-refractivity contribution < 1.29 is 9.47 Å². The molecule has 0 spiro atoms. The molecule has 26 heavy (non-hydrogen) atoms. The topological polar surface area (TPSA) is 40.5 Å². The molecule has 4 rings (SSSR count). The summed E-state index contributed by atoms with van der Waals surface area (Å²) in [5, 5.41) is 0. The van der Waals surface area contributed by atoms with Gasteiger partial charge in [-0.25, -0.2) is 0 Å². The highest BCUT2D eigenvalue weighted by Gasteiger charge is 2.34. The second kappa shape index (κ2) is 7.19. The molecule has 2 aromatic carbocycles. The van der Waals surface area contributed by atoms with Gasteiger partial charge < -0.3 is 14.0 Å². The summed E-state index contributed by atoms with van der Waals surface area (Å²) in [5.74, 6) is 0. The zero-order valence-corrected chi connectivity index (χ0v) is 16.5. The number of benzene rings is 2. The minimum absolute atomic E-state index is 0.0747. The number of fused-ring (bicyclic) bond motifs is 1. The lowest BCUT2D eigenvalue weighted by molar-refractivity contribution is -0.0948. The number of nitrogens with zero attached hydrogens (tertiary/aromatic N) is 1. The maximum absolute atomic E-state index is 11.8. The molecule has 1 aliphatic rings. The fraction of sp³-hybridized carbons (Fsp3) is 0.350. The van der Waals surface area contributed by atoms with Crippen LogP contribution < -0.4 is 4.87 Å². The van der Waals surface area contributed by atoms with Crippen molar-refractivity contribution in [3.8, 4) is 0 Å². The average Bonchev–Trinajstić information content (AvgIpc) is 2.96. The van der Waals surface area contributed by atoms with Gasteiger partial charge in [0.1, 0.15) is 0 Å². The molecule has 1 aromatic heterocycles. The van der Waals surface area contributed by atoms with Gasteiger partial charge in [0.2, 0.25) is 0 Å². The van der Waals surface area contributed by atoms with Crippen molar-refractivity contribution in [2.24, 2.45) is 7.05 Å². The van der Waals surface area contributed by atoms with E-state index in [0.29, 0.717) is 0 Å². The van der Waals surface area contributed by atoms with Crippen LogP contribution >= 0.6 is 23.1 Å². The summed E-state index contributed by atoms with van der Waals surface area (Å²) in [7, 11) is 3.60. The Kier molecular flexibility index (Phi) is 4.92. The molecule has 6 heteroatoms. The van der Waals surface area contributed by atoms with E-state index in [2.05, 4.69) is 36.4 Å². The van der Waals surface area contributed by atoms with Crippen LogP contribution in [0, 0.1) is 0 Å². The Labute approximate surface area is 160 Å². The van der Waals surface area contributed by atoms with Crippen LogP contribution in [0.15, 0.2) is 57.1 Å². The van der Waals surface area contributed by atoms with Crippen LogP contribution in [0.5, 0.6) is 0 Å². The molecule has 0 N–H and O–H groups in total. The Bertz CT molecular complexity index is 986. The first-order chi connectivity index (χ1) is 12.6. The Morgan fingerprint density at radius 3 is 2.69 bits per heavy atom. The van der Waals surface area contributed by atoms with Gasteiger partial charge >= 0.3 is 4.87 Å². The third kappa shape index (κ3) is 3.22. The maximum Gasteiger partial charge on any atom is 0.307 e. The predicted molar refractivity (Wildman–Crippen MR) is 106 cm³/mol. The van der Waals surface area contributed by atoms with Gasteiger partial charge in [-0.3, -0.25) is 4.79 Å². The largest absolute Gasteiger partial charge is 0.381 e. The van der Waals surface area contributed by atoms with Gasteiger partial charge in [-0.15, -0.1) is 0 Å². The maximum atomic E-state index is 11.8. The van der Waals surface area contributed by atoms with Gasteiger partial charge in [-0.05, 0) is 35.9 Å². The zero-order chi connectivity index (χ0) is 18.1. The van der Waals surface area contributed by atoms with Gasteiger partial charge in [-0.1, -0.05) is 35.2 Å². The number of hydrogen-bond donors (Lipinski definition) is 0. The molecular weight excluding hydrogens is 366 g/mol. The first-order valence-corrected chi connectivity index (χ1v) is 10.3. The summed E-state index contributed by atoms with van der Waals surface area (Å²) in [4.78, 5) is 14.2. The Morgan fingerprint density at radius 2 is 1.92 bits per heavy atom. The van der Waals surface area contributed by atoms with E-state index in [9.17, 15) is 4.79 Å². The van der Waals surface area contributed by atoms with Gasteiger partial charge in [0.05, 0.1) is 15.8 Å². The molecule has 0 atom stereocenters. The number of ether oxygens (including phenoxy) is 2. The first-order valence-electron chi connectivity index (χ1n) is 8.62. The smallest absolute Gasteiger partial charge is 0.307 e. The van der Waals surface area contributed by atoms with Crippen molar-refractivity contribution in [1.82, 2.24) is 4.57 Å². The van der Waals surface area contributed by atoms with E-state index in [1.807, 2.05) is 13.1 Å². The lowest BCUT2D eigenvalue weighted by Gasteiger charge is -2.36. The van der Waals surface area contributed by atoms with Crippen LogP contribution in [0.2, 0.25) is 0 Å². The van der Waals surface area contributed by atoms with Gasteiger partial charge in [-0.2, -0.15) is 0 Å². The number of thiazole rings is 1. The highest BCUT2D eigenvalue weighted by molar-refractivity contribution is 7.99. The van der Waals surface area contributed by atoms with Crippen LogP contribution in [0.3, 0.4) is 0 Å². The van der Waals surface area contributed by atoms with Crippen molar-refractivity contribution >= 4 is 33.3 Å². The molecule has 1 saturated heterocycles. The fourth-order valence-corrected chi connectivity index (χ4v) is 5.38. The van der Waals surface area contributed by atoms with Crippen LogP contribution in [0.1, 0.15) is 18.4 Å². The van der Waals surface area contributed by atoms with Crippen molar-refractivity contribution in [2.75, 3.05) is 20.3 Å². The standard InChI is InChI=1S/C20H21NO3S2/c1-21-17-7-6-16(13-18(17)26-19(21)22)25-15-5-3-4-14(12-15)20(23-2)8-10-24-11-9-20/h3-7,12-13H,8-11H2,1-2H3. The molecule has 0 unspecified atom stereocenters. The molecule has 0 amide bonds.